The normalized spacial score (nSPS) is 14.2. The summed E-state index contributed by atoms with van der Waals surface area (Å²) >= 11 is 10.6. The quantitative estimate of drug-likeness (QED) is 0.424. The fraction of sp³-hybridized carbons (Fsp3) is 0.0769. The molecular weight excluding hydrogens is 332 g/mol. The maximum absolute atomic E-state index is 11.7. The third-order valence-corrected chi connectivity index (χ3v) is 3.06. The number of halogens is 1. The molecule has 1 heterocycles. The van der Waals surface area contributed by atoms with Crippen LogP contribution in [0.25, 0.3) is 6.08 Å². The third-order valence-electron chi connectivity index (χ3n) is 2.56. The average molecular weight is 341 g/mol. The Labute approximate surface area is 134 Å². The molecule has 0 bridgehead atoms. The summed E-state index contributed by atoms with van der Waals surface area (Å²) in [5.74, 6) is -2.18. The van der Waals surface area contributed by atoms with Gasteiger partial charge in [-0.1, -0.05) is 17.7 Å². The molecule has 0 saturated carbocycles. The molecule has 1 saturated heterocycles. The van der Waals surface area contributed by atoms with E-state index in [9.17, 15) is 14.4 Å². The predicted octanol–water partition coefficient (Wildman–Crippen LogP) is 0.718. The minimum atomic E-state index is -1.13. The first-order valence-corrected chi connectivity index (χ1v) is 6.68. The molecule has 0 aromatic heterocycles. The van der Waals surface area contributed by atoms with Crippen molar-refractivity contribution in [3.05, 3.63) is 34.4 Å². The molecule has 1 aliphatic rings. The number of carboxylic acid groups (broad SMARTS) is 1. The molecule has 1 aromatic rings. The molecule has 22 heavy (non-hydrogen) atoms. The van der Waals surface area contributed by atoms with Crippen LogP contribution in [0.2, 0.25) is 5.02 Å². The highest BCUT2D eigenvalue weighted by Crippen LogP contribution is 2.26. The van der Waals surface area contributed by atoms with Gasteiger partial charge >= 0.3 is 5.97 Å². The van der Waals surface area contributed by atoms with Crippen LogP contribution in [0.4, 0.5) is 0 Å². The van der Waals surface area contributed by atoms with Gasteiger partial charge in [0, 0.05) is 0 Å². The van der Waals surface area contributed by atoms with Crippen LogP contribution in [0.3, 0.4) is 0 Å². The van der Waals surface area contributed by atoms with Gasteiger partial charge < -0.3 is 9.84 Å². The van der Waals surface area contributed by atoms with E-state index in [1.807, 2.05) is 0 Å². The molecular formula is C13H9ClN2O5S. The van der Waals surface area contributed by atoms with Gasteiger partial charge in [-0.15, -0.1) is 0 Å². The van der Waals surface area contributed by atoms with Crippen LogP contribution >= 0.6 is 23.8 Å². The largest absolute Gasteiger partial charge is 0.480 e. The van der Waals surface area contributed by atoms with Crippen LogP contribution < -0.4 is 15.4 Å². The van der Waals surface area contributed by atoms with Crippen molar-refractivity contribution in [1.82, 2.24) is 10.6 Å². The third kappa shape index (κ3) is 3.80. The second-order valence-corrected chi connectivity index (χ2v) is 4.98. The molecule has 9 heteroatoms. The second kappa shape index (κ2) is 6.54. The van der Waals surface area contributed by atoms with E-state index < -0.39 is 24.4 Å². The highest BCUT2D eigenvalue weighted by molar-refractivity contribution is 7.80. The van der Waals surface area contributed by atoms with Gasteiger partial charge in [-0.05, 0) is 36.0 Å². The number of thiocarbonyl (C=S) groups is 1. The molecule has 0 unspecified atom stereocenters. The number of amides is 2. The number of nitrogens with one attached hydrogen (secondary N) is 2. The summed E-state index contributed by atoms with van der Waals surface area (Å²) in [4.78, 5) is 33.8. The number of aliphatic carboxylic acids is 1. The van der Waals surface area contributed by atoms with Gasteiger partial charge in [0.25, 0.3) is 11.8 Å². The molecule has 0 atom stereocenters. The number of hydrogen-bond donors (Lipinski definition) is 3. The van der Waals surface area contributed by atoms with Crippen LogP contribution in [0.1, 0.15) is 5.56 Å². The average Bonchev–Trinajstić information content (AvgIpc) is 2.41. The lowest BCUT2D eigenvalue weighted by atomic mass is 10.1. The van der Waals surface area contributed by atoms with Crippen LogP contribution in [0.5, 0.6) is 5.75 Å². The minimum Gasteiger partial charge on any atom is -0.480 e. The summed E-state index contributed by atoms with van der Waals surface area (Å²) in [7, 11) is 0. The van der Waals surface area contributed by atoms with E-state index in [0.717, 1.165) is 0 Å². The lowest BCUT2D eigenvalue weighted by Gasteiger charge is -2.16. The van der Waals surface area contributed by atoms with Crippen molar-refractivity contribution in [2.45, 2.75) is 0 Å². The first-order valence-electron chi connectivity index (χ1n) is 5.89. The topological polar surface area (TPSA) is 105 Å². The molecule has 1 aromatic carbocycles. The molecule has 3 N–H and O–H groups in total. The number of hydrogen-bond acceptors (Lipinski definition) is 5. The zero-order valence-corrected chi connectivity index (χ0v) is 12.5. The van der Waals surface area contributed by atoms with Gasteiger partial charge in [-0.25, -0.2) is 4.79 Å². The highest BCUT2D eigenvalue weighted by atomic mass is 35.5. The molecule has 0 radical (unpaired) electrons. The van der Waals surface area contributed by atoms with Gasteiger partial charge in [0.2, 0.25) is 0 Å². The molecule has 7 nitrogen and oxygen atoms in total. The molecule has 2 rings (SSSR count). The van der Waals surface area contributed by atoms with E-state index in [-0.39, 0.29) is 21.5 Å². The maximum Gasteiger partial charge on any atom is 0.341 e. The highest BCUT2D eigenvalue weighted by Gasteiger charge is 2.25. The number of carbonyl (C=O) groups is 3. The predicted molar refractivity (Wildman–Crippen MR) is 81.4 cm³/mol. The number of carboxylic acids is 1. The Bertz CT molecular complexity index is 694. The van der Waals surface area contributed by atoms with Crippen LogP contribution in [-0.4, -0.2) is 34.6 Å². The summed E-state index contributed by atoms with van der Waals surface area (Å²) in [5.41, 5.74) is 0.352. The first kappa shape index (κ1) is 15.9. The number of carbonyl (C=O) groups excluding carboxylic acids is 2. The minimum absolute atomic E-state index is 0.0531. The molecule has 114 valence electrons. The Balaban J connectivity index is 2.23. The summed E-state index contributed by atoms with van der Waals surface area (Å²) in [6, 6.07) is 4.42. The molecule has 0 spiro atoms. The first-order chi connectivity index (χ1) is 10.4. The fourth-order valence-corrected chi connectivity index (χ4v) is 2.07. The van der Waals surface area contributed by atoms with E-state index in [4.69, 9.17) is 21.4 Å². The van der Waals surface area contributed by atoms with Crippen molar-refractivity contribution in [2.75, 3.05) is 6.61 Å². The Morgan fingerprint density at radius 1 is 1.32 bits per heavy atom. The lowest BCUT2D eigenvalue weighted by Crippen LogP contribution is -2.51. The summed E-state index contributed by atoms with van der Waals surface area (Å²) in [6.07, 6.45) is 1.33. The number of rotatable bonds is 4. The fourth-order valence-electron chi connectivity index (χ4n) is 1.64. The SMILES string of the molecule is O=C(O)COc1ccc(C=C2C(=O)NC(=S)NC2=O)cc1Cl. The van der Waals surface area contributed by atoms with Crippen LogP contribution in [-0.2, 0) is 14.4 Å². The van der Waals surface area contributed by atoms with Gasteiger partial charge in [0.05, 0.1) is 5.02 Å². The second-order valence-electron chi connectivity index (χ2n) is 4.17. The number of ether oxygens (including phenoxy) is 1. The van der Waals surface area contributed by atoms with E-state index in [1.165, 1.54) is 24.3 Å². The van der Waals surface area contributed by atoms with Crippen molar-refractivity contribution >= 4 is 52.8 Å². The molecule has 1 aliphatic heterocycles. The Morgan fingerprint density at radius 3 is 2.50 bits per heavy atom. The van der Waals surface area contributed by atoms with Crippen molar-refractivity contribution in [1.29, 1.82) is 0 Å². The Morgan fingerprint density at radius 2 is 1.95 bits per heavy atom. The molecule has 0 aliphatic carbocycles. The van der Waals surface area contributed by atoms with Crippen LogP contribution in [0.15, 0.2) is 23.8 Å². The number of benzene rings is 1. The zero-order valence-electron chi connectivity index (χ0n) is 10.9. The summed E-state index contributed by atoms with van der Waals surface area (Å²) < 4.78 is 4.97. The van der Waals surface area contributed by atoms with Gasteiger partial charge in [-0.2, -0.15) is 0 Å². The molecule has 2 amide bonds. The van der Waals surface area contributed by atoms with E-state index >= 15 is 0 Å². The standard InChI is InChI=1S/C13H9ClN2O5S/c14-8-4-6(1-2-9(8)21-5-10(17)18)3-7-11(19)15-13(22)16-12(7)20/h1-4H,5H2,(H,17,18)(H2,15,16,19,20,22). The molecule has 1 fully saturated rings. The Hall–Kier alpha value is -2.45. The summed E-state index contributed by atoms with van der Waals surface area (Å²) in [6.45, 7) is -0.525. The van der Waals surface area contributed by atoms with Gasteiger partial charge in [0.1, 0.15) is 11.3 Å². The smallest absolute Gasteiger partial charge is 0.341 e. The van der Waals surface area contributed by atoms with Gasteiger partial charge in [0.15, 0.2) is 11.7 Å². The van der Waals surface area contributed by atoms with Crippen molar-refractivity contribution in [3.63, 3.8) is 0 Å². The monoisotopic (exact) mass is 340 g/mol. The van der Waals surface area contributed by atoms with Gasteiger partial charge in [-0.3, -0.25) is 20.2 Å². The summed E-state index contributed by atoms with van der Waals surface area (Å²) in [5, 5.41) is 13.3. The van der Waals surface area contributed by atoms with E-state index in [1.54, 1.807) is 0 Å². The van der Waals surface area contributed by atoms with Crippen molar-refractivity contribution < 1.29 is 24.2 Å². The van der Waals surface area contributed by atoms with E-state index in [0.29, 0.717) is 5.56 Å². The van der Waals surface area contributed by atoms with Crippen LogP contribution in [0, 0.1) is 0 Å². The Kier molecular flexibility index (Phi) is 4.74. The zero-order chi connectivity index (χ0) is 16.3. The maximum atomic E-state index is 11.7. The van der Waals surface area contributed by atoms with Crippen molar-refractivity contribution in [3.8, 4) is 5.75 Å². The lowest BCUT2D eigenvalue weighted by molar-refractivity contribution is -0.139. The van der Waals surface area contributed by atoms with E-state index in [2.05, 4.69) is 22.9 Å². The van der Waals surface area contributed by atoms with Crippen molar-refractivity contribution in [2.24, 2.45) is 0 Å².